The summed E-state index contributed by atoms with van der Waals surface area (Å²) in [5.74, 6) is 0. The Morgan fingerprint density at radius 3 is 2.46 bits per heavy atom. The van der Waals surface area contributed by atoms with E-state index in [1.807, 2.05) is 52.0 Å². The highest BCUT2D eigenvalue weighted by molar-refractivity contribution is 6.62. The number of hydrogen-bond acceptors (Lipinski definition) is 4. The molecule has 0 bridgehead atoms. The Labute approximate surface area is 171 Å². The lowest BCUT2D eigenvalue weighted by atomic mass is 9.80. The van der Waals surface area contributed by atoms with Gasteiger partial charge in [-0.15, -0.1) is 0 Å². The summed E-state index contributed by atoms with van der Waals surface area (Å²) in [6.07, 6.45) is 2.17. The van der Waals surface area contributed by atoms with Crippen molar-refractivity contribution in [2.24, 2.45) is 0 Å². The molecule has 148 valence electrons. The molecule has 1 aliphatic carbocycles. The minimum atomic E-state index is -0.606. The van der Waals surface area contributed by atoms with Crippen LogP contribution in [0.25, 0.3) is 11.3 Å². The summed E-state index contributed by atoms with van der Waals surface area (Å²) >= 11 is 6.23. The fourth-order valence-electron chi connectivity index (χ4n) is 3.72. The molecule has 2 aromatic rings. The smallest absolute Gasteiger partial charge is 0.443 e. The van der Waals surface area contributed by atoms with Gasteiger partial charge in [-0.2, -0.15) is 0 Å². The molecule has 2 heterocycles. The van der Waals surface area contributed by atoms with Gasteiger partial charge in [0.2, 0.25) is 0 Å². The zero-order valence-corrected chi connectivity index (χ0v) is 17.9. The third kappa shape index (κ3) is 3.28. The van der Waals surface area contributed by atoms with Crippen molar-refractivity contribution in [3.05, 3.63) is 41.0 Å². The van der Waals surface area contributed by atoms with E-state index in [9.17, 15) is 4.79 Å². The van der Waals surface area contributed by atoms with E-state index < -0.39 is 18.8 Å². The van der Waals surface area contributed by atoms with Crippen molar-refractivity contribution in [3.63, 3.8) is 0 Å². The molecule has 28 heavy (non-hydrogen) atoms. The van der Waals surface area contributed by atoms with E-state index in [4.69, 9.17) is 25.6 Å². The number of carbonyl (C=O) groups excluding carboxylic acids is 1. The molecule has 2 unspecified atom stereocenters. The first kappa shape index (κ1) is 19.6. The van der Waals surface area contributed by atoms with Gasteiger partial charge in [-0.3, -0.25) is 4.57 Å². The number of fused-ring (bicyclic) bond motifs is 1. The molecule has 1 aromatic heterocycles. The van der Waals surface area contributed by atoms with Gasteiger partial charge in [-0.05, 0) is 65.3 Å². The molecule has 0 N–H and O–H groups in total. The largest absolute Gasteiger partial charge is 0.496 e. The van der Waals surface area contributed by atoms with Gasteiger partial charge in [0.1, 0.15) is 5.60 Å². The fraction of sp³-hybridized carbons (Fsp3) is 0.476. The summed E-state index contributed by atoms with van der Waals surface area (Å²) in [6.45, 7) is 11.6. The molecule has 0 radical (unpaired) electrons. The molecule has 7 heteroatoms. The van der Waals surface area contributed by atoms with E-state index in [0.29, 0.717) is 10.7 Å². The number of ether oxygens (including phenoxy) is 1. The number of benzene rings is 1. The van der Waals surface area contributed by atoms with Gasteiger partial charge in [0.15, 0.2) is 0 Å². The molecule has 2 atom stereocenters. The maximum Gasteiger partial charge on any atom is 0.496 e. The van der Waals surface area contributed by atoms with Gasteiger partial charge in [0.25, 0.3) is 0 Å². The zero-order chi connectivity index (χ0) is 20.5. The molecule has 2 aliphatic rings. The van der Waals surface area contributed by atoms with Crippen molar-refractivity contribution >= 4 is 30.3 Å². The second kappa shape index (κ2) is 6.12. The van der Waals surface area contributed by atoms with Crippen LogP contribution in [-0.4, -0.2) is 34.6 Å². The average Bonchev–Trinajstić information content (AvgIpc) is 2.88. The van der Waals surface area contributed by atoms with Crippen molar-refractivity contribution in [1.82, 2.24) is 4.57 Å². The van der Waals surface area contributed by atoms with Crippen molar-refractivity contribution in [2.45, 2.75) is 64.8 Å². The fourth-order valence-corrected chi connectivity index (χ4v) is 3.89. The minimum Gasteiger partial charge on any atom is -0.443 e. The molecule has 0 amide bonds. The lowest BCUT2D eigenvalue weighted by Crippen LogP contribution is -2.35. The predicted octanol–water partition coefficient (Wildman–Crippen LogP) is 4.56. The summed E-state index contributed by atoms with van der Waals surface area (Å²) in [7, 11) is -0.509. The second-order valence-corrected chi connectivity index (χ2v) is 9.61. The van der Waals surface area contributed by atoms with Gasteiger partial charge in [0.05, 0.1) is 16.9 Å². The Morgan fingerprint density at radius 1 is 1.21 bits per heavy atom. The van der Waals surface area contributed by atoms with E-state index in [0.717, 1.165) is 23.0 Å². The molecule has 1 aliphatic heterocycles. The van der Waals surface area contributed by atoms with Crippen LogP contribution in [0.1, 0.15) is 46.6 Å². The number of aromatic nitrogens is 1. The number of nitrogens with zero attached hydrogens (tertiary/aromatic N) is 1. The van der Waals surface area contributed by atoms with Crippen molar-refractivity contribution in [2.75, 3.05) is 0 Å². The third-order valence-corrected chi connectivity index (χ3v) is 5.82. The first-order valence-electron chi connectivity index (χ1n) is 9.49. The lowest BCUT2D eigenvalue weighted by molar-refractivity contribution is 0.0540. The van der Waals surface area contributed by atoms with Gasteiger partial charge in [-0.1, -0.05) is 17.7 Å². The van der Waals surface area contributed by atoms with Gasteiger partial charge in [0, 0.05) is 28.7 Å². The van der Waals surface area contributed by atoms with Gasteiger partial charge >= 0.3 is 13.2 Å². The van der Waals surface area contributed by atoms with E-state index in [2.05, 4.69) is 13.8 Å². The quantitative estimate of drug-likeness (QED) is 0.692. The second-order valence-electron chi connectivity index (χ2n) is 9.17. The first-order chi connectivity index (χ1) is 12.9. The predicted molar refractivity (Wildman–Crippen MR) is 110 cm³/mol. The number of carbonyl (C=O) groups is 1. The Hall–Kier alpha value is -1.76. The number of rotatable bonds is 2. The summed E-state index contributed by atoms with van der Waals surface area (Å²) in [6, 6.07) is 7.54. The van der Waals surface area contributed by atoms with Crippen LogP contribution >= 0.6 is 11.6 Å². The number of halogens is 1. The maximum atomic E-state index is 12.9. The molecule has 0 spiro atoms. The van der Waals surface area contributed by atoms with Crippen LogP contribution in [-0.2, 0) is 14.0 Å². The first-order valence-corrected chi connectivity index (χ1v) is 9.86. The Kier molecular flexibility index (Phi) is 4.27. The van der Waals surface area contributed by atoms with Crippen molar-refractivity contribution in [3.8, 4) is 11.3 Å². The highest BCUT2D eigenvalue weighted by Gasteiger charge is 2.71. The van der Waals surface area contributed by atoms with Crippen molar-refractivity contribution < 1.29 is 18.8 Å². The summed E-state index contributed by atoms with van der Waals surface area (Å²) in [5, 5.41) is 0.605. The zero-order valence-electron chi connectivity index (χ0n) is 17.1. The Bertz CT molecular complexity index is 950. The maximum absolute atomic E-state index is 12.9. The molecule has 1 aromatic carbocycles. The molecule has 5 nitrogen and oxygen atoms in total. The van der Waals surface area contributed by atoms with Gasteiger partial charge in [-0.25, -0.2) is 4.79 Å². The van der Waals surface area contributed by atoms with Crippen molar-refractivity contribution in [1.29, 1.82) is 0 Å². The lowest BCUT2D eigenvalue weighted by Gasteiger charge is -2.20. The summed E-state index contributed by atoms with van der Waals surface area (Å²) in [5.41, 5.74) is 2.22. The monoisotopic (exact) mass is 401 g/mol. The molecule has 2 fully saturated rings. The third-order valence-electron chi connectivity index (χ3n) is 5.58. The van der Waals surface area contributed by atoms with E-state index in [1.165, 1.54) is 4.57 Å². The minimum absolute atomic E-state index is 0.266. The average molecular weight is 402 g/mol. The standard InChI is InChI=1S/C21H25BClNO4/c1-13-7-8-15(23)10-16(13)17-9-14(11-24(17)18(25)26-19(2,3)4)22-27-20(5)12-21(20,6)28-22/h7-11H,12H2,1-6H3. The SMILES string of the molecule is Cc1ccc(Cl)cc1-c1cc(B2OC3(C)CC3(C)O2)cn1C(=O)OC(C)(C)C. The summed E-state index contributed by atoms with van der Waals surface area (Å²) in [4.78, 5) is 12.9. The highest BCUT2D eigenvalue weighted by Crippen LogP contribution is 2.58. The van der Waals surface area contributed by atoms with Crippen LogP contribution in [0.5, 0.6) is 0 Å². The van der Waals surface area contributed by atoms with Crippen LogP contribution in [0.15, 0.2) is 30.5 Å². The van der Waals surface area contributed by atoms with E-state index in [-0.39, 0.29) is 11.2 Å². The van der Waals surface area contributed by atoms with Crippen LogP contribution < -0.4 is 5.46 Å². The molecular weight excluding hydrogens is 376 g/mol. The number of aryl methyl sites for hydroxylation is 1. The topological polar surface area (TPSA) is 49.7 Å². The Balaban J connectivity index is 1.76. The van der Waals surface area contributed by atoms with E-state index >= 15 is 0 Å². The van der Waals surface area contributed by atoms with Gasteiger partial charge < -0.3 is 14.0 Å². The molecule has 4 rings (SSSR count). The number of hydrogen-bond donors (Lipinski definition) is 0. The molecular formula is C21H25BClNO4. The highest BCUT2D eigenvalue weighted by atomic mass is 35.5. The molecule has 1 saturated carbocycles. The van der Waals surface area contributed by atoms with Crippen LogP contribution in [0, 0.1) is 6.92 Å². The Morgan fingerprint density at radius 2 is 1.86 bits per heavy atom. The van der Waals surface area contributed by atoms with Crippen LogP contribution in [0.3, 0.4) is 0 Å². The van der Waals surface area contributed by atoms with E-state index in [1.54, 1.807) is 6.20 Å². The normalized spacial score (nSPS) is 26.3. The summed E-state index contributed by atoms with van der Waals surface area (Å²) < 4.78 is 19.4. The van der Waals surface area contributed by atoms with Crippen LogP contribution in [0.4, 0.5) is 4.79 Å². The van der Waals surface area contributed by atoms with Crippen LogP contribution in [0.2, 0.25) is 5.02 Å². The molecule has 1 saturated heterocycles.